The Labute approximate surface area is 118 Å². The molecule has 2 rings (SSSR count). The third-order valence-electron chi connectivity index (χ3n) is 2.66. The molecule has 0 heterocycles. The maximum absolute atomic E-state index is 6.25. The molecule has 0 aliphatic carbocycles. The van der Waals surface area contributed by atoms with Crippen LogP contribution in [-0.2, 0) is 6.42 Å². The van der Waals surface area contributed by atoms with E-state index in [0.29, 0.717) is 5.17 Å². The molecule has 0 aliphatic heterocycles. The number of hydrogen-bond donors (Lipinski definition) is 1. The lowest BCUT2D eigenvalue weighted by Crippen LogP contribution is -2.01. The molecular weight excluding hydrogens is 256 g/mol. The first-order valence-corrected chi connectivity index (χ1v) is 6.42. The van der Waals surface area contributed by atoms with Gasteiger partial charge < -0.3 is 0 Å². The third-order valence-corrected chi connectivity index (χ3v) is 2.95. The molecule has 0 aromatic heterocycles. The van der Waals surface area contributed by atoms with Gasteiger partial charge in [0.25, 0.3) is 0 Å². The monoisotopic (exact) mass is 270 g/mol. The molecule has 3 heteroatoms. The average molecular weight is 271 g/mol. The molecule has 19 heavy (non-hydrogen) atoms. The van der Waals surface area contributed by atoms with E-state index in [2.05, 4.69) is 17.1 Å². The van der Waals surface area contributed by atoms with Crippen molar-refractivity contribution in [1.29, 1.82) is 0 Å². The van der Waals surface area contributed by atoms with Crippen molar-refractivity contribution in [1.82, 2.24) is 0 Å². The molecule has 2 aromatic rings. The fourth-order valence-electron chi connectivity index (χ4n) is 1.74. The highest BCUT2D eigenvalue weighted by atomic mass is 35.5. The summed E-state index contributed by atoms with van der Waals surface area (Å²) in [6.07, 6.45) is 2.63. The average Bonchev–Trinajstić information content (AvgIpc) is 2.47. The molecule has 0 saturated heterocycles. The summed E-state index contributed by atoms with van der Waals surface area (Å²) in [4.78, 5) is 0. The van der Waals surface area contributed by atoms with Crippen LogP contribution in [0.3, 0.4) is 0 Å². The van der Waals surface area contributed by atoms with Crippen LogP contribution in [-0.4, -0.2) is 5.17 Å². The van der Waals surface area contributed by atoms with Crippen LogP contribution >= 0.6 is 11.6 Å². The van der Waals surface area contributed by atoms with Gasteiger partial charge in [-0.2, -0.15) is 5.10 Å². The standard InChI is InChI=1S/C16H15ClN2/c1-2-8-13-9-6-7-12-15(13)16(17)19-18-14-10-4-3-5-11-14/h2-7,9-12,18H,1,8H2. The molecule has 0 amide bonds. The van der Waals surface area contributed by atoms with Crippen molar-refractivity contribution in [2.75, 3.05) is 5.43 Å². The van der Waals surface area contributed by atoms with Crippen LogP contribution in [0.5, 0.6) is 0 Å². The predicted octanol–water partition coefficient (Wildman–Crippen LogP) is 4.43. The molecule has 0 radical (unpaired) electrons. The maximum atomic E-state index is 6.25. The molecule has 2 aromatic carbocycles. The normalized spacial score (nSPS) is 11.1. The number of benzene rings is 2. The summed E-state index contributed by atoms with van der Waals surface area (Å²) < 4.78 is 0. The summed E-state index contributed by atoms with van der Waals surface area (Å²) in [7, 11) is 0. The second kappa shape index (κ2) is 6.76. The molecule has 0 aliphatic rings. The number of para-hydroxylation sites is 1. The Morgan fingerprint density at radius 2 is 1.79 bits per heavy atom. The fraction of sp³-hybridized carbons (Fsp3) is 0.0625. The second-order valence-corrected chi connectivity index (χ2v) is 4.39. The first-order valence-electron chi connectivity index (χ1n) is 6.04. The zero-order valence-corrected chi connectivity index (χ0v) is 11.3. The summed E-state index contributed by atoms with van der Waals surface area (Å²) in [6.45, 7) is 3.75. The van der Waals surface area contributed by atoms with E-state index in [1.54, 1.807) is 0 Å². The molecule has 0 spiro atoms. The molecule has 0 unspecified atom stereocenters. The van der Waals surface area contributed by atoms with Gasteiger partial charge in [-0.05, 0) is 24.1 Å². The van der Waals surface area contributed by atoms with E-state index >= 15 is 0 Å². The van der Waals surface area contributed by atoms with Crippen molar-refractivity contribution in [3.8, 4) is 0 Å². The van der Waals surface area contributed by atoms with Gasteiger partial charge in [0.1, 0.15) is 0 Å². The Morgan fingerprint density at radius 1 is 1.11 bits per heavy atom. The number of nitrogens with zero attached hydrogens (tertiary/aromatic N) is 1. The van der Waals surface area contributed by atoms with Gasteiger partial charge in [-0.1, -0.05) is 60.1 Å². The molecule has 96 valence electrons. The van der Waals surface area contributed by atoms with Gasteiger partial charge in [-0.3, -0.25) is 5.43 Å². The van der Waals surface area contributed by atoms with Crippen molar-refractivity contribution < 1.29 is 0 Å². The van der Waals surface area contributed by atoms with E-state index in [0.717, 1.165) is 23.2 Å². The number of rotatable bonds is 5. The smallest absolute Gasteiger partial charge is 0.156 e. The molecule has 0 saturated carbocycles. The van der Waals surface area contributed by atoms with Crippen LogP contribution in [0.15, 0.2) is 72.4 Å². The first-order chi connectivity index (χ1) is 9.31. The van der Waals surface area contributed by atoms with Crippen molar-refractivity contribution >= 4 is 22.5 Å². The Balaban J connectivity index is 2.19. The van der Waals surface area contributed by atoms with Crippen LogP contribution in [0.2, 0.25) is 0 Å². The number of halogens is 1. The molecular formula is C16H15ClN2. The topological polar surface area (TPSA) is 24.4 Å². The van der Waals surface area contributed by atoms with E-state index in [1.165, 1.54) is 0 Å². The van der Waals surface area contributed by atoms with Gasteiger partial charge in [-0.25, -0.2) is 0 Å². The van der Waals surface area contributed by atoms with Crippen LogP contribution in [0.25, 0.3) is 0 Å². The minimum atomic E-state index is 0.446. The number of allylic oxidation sites excluding steroid dienone is 1. The van der Waals surface area contributed by atoms with Crippen molar-refractivity contribution in [3.63, 3.8) is 0 Å². The second-order valence-electron chi connectivity index (χ2n) is 4.03. The summed E-state index contributed by atoms with van der Waals surface area (Å²) in [6, 6.07) is 17.6. The highest BCUT2D eigenvalue weighted by molar-refractivity contribution is 6.69. The van der Waals surface area contributed by atoms with Gasteiger partial charge in [0.2, 0.25) is 0 Å². The van der Waals surface area contributed by atoms with Gasteiger partial charge >= 0.3 is 0 Å². The van der Waals surface area contributed by atoms with Crippen LogP contribution in [0.1, 0.15) is 11.1 Å². The maximum Gasteiger partial charge on any atom is 0.156 e. The Morgan fingerprint density at radius 3 is 2.53 bits per heavy atom. The zero-order valence-electron chi connectivity index (χ0n) is 10.5. The Hall–Kier alpha value is -2.06. The quantitative estimate of drug-likeness (QED) is 0.485. The van der Waals surface area contributed by atoms with Gasteiger partial charge in [0.05, 0.1) is 5.69 Å². The zero-order chi connectivity index (χ0) is 13.5. The van der Waals surface area contributed by atoms with Crippen LogP contribution in [0.4, 0.5) is 5.69 Å². The number of hydrazone groups is 1. The summed E-state index contributed by atoms with van der Waals surface area (Å²) >= 11 is 6.25. The lowest BCUT2D eigenvalue weighted by atomic mass is 10.1. The van der Waals surface area contributed by atoms with Gasteiger partial charge in [0.15, 0.2) is 5.17 Å². The van der Waals surface area contributed by atoms with Crippen molar-refractivity contribution in [2.24, 2.45) is 5.10 Å². The Bertz CT molecular complexity index is 576. The van der Waals surface area contributed by atoms with Crippen molar-refractivity contribution in [2.45, 2.75) is 6.42 Å². The molecule has 0 bridgehead atoms. The van der Waals surface area contributed by atoms with E-state index in [4.69, 9.17) is 11.6 Å². The molecule has 1 N–H and O–H groups in total. The lowest BCUT2D eigenvalue weighted by molar-refractivity contribution is 1.26. The minimum Gasteiger partial charge on any atom is -0.277 e. The molecule has 0 atom stereocenters. The van der Waals surface area contributed by atoms with E-state index < -0.39 is 0 Å². The number of anilines is 1. The van der Waals surface area contributed by atoms with Gasteiger partial charge in [-0.15, -0.1) is 6.58 Å². The molecule has 0 fully saturated rings. The summed E-state index contributed by atoms with van der Waals surface area (Å²) in [5.74, 6) is 0. The third kappa shape index (κ3) is 3.70. The SMILES string of the molecule is C=CCc1ccccc1C(Cl)=NNc1ccccc1. The minimum absolute atomic E-state index is 0.446. The summed E-state index contributed by atoms with van der Waals surface area (Å²) in [5, 5.41) is 4.65. The van der Waals surface area contributed by atoms with E-state index in [-0.39, 0.29) is 0 Å². The predicted molar refractivity (Wildman–Crippen MR) is 82.8 cm³/mol. The molecule has 2 nitrogen and oxygen atoms in total. The van der Waals surface area contributed by atoms with Crippen LogP contribution < -0.4 is 5.43 Å². The fourth-order valence-corrected chi connectivity index (χ4v) is 1.97. The van der Waals surface area contributed by atoms with E-state index in [1.807, 2.05) is 60.7 Å². The lowest BCUT2D eigenvalue weighted by Gasteiger charge is -2.06. The largest absolute Gasteiger partial charge is 0.277 e. The summed E-state index contributed by atoms with van der Waals surface area (Å²) in [5.41, 5.74) is 5.88. The van der Waals surface area contributed by atoms with Gasteiger partial charge in [0, 0.05) is 5.56 Å². The number of nitrogens with one attached hydrogen (secondary N) is 1. The number of hydrogen-bond acceptors (Lipinski definition) is 2. The highest BCUT2D eigenvalue weighted by Crippen LogP contribution is 2.14. The first kappa shape index (κ1) is 13.4. The Kier molecular flexibility index (Phi) is 4.76. The highest BCUT2D eigenvalue weighted by Gasteiger charge is 2.05. The van der Waals surface area contributed by atoms with Crippen LogP contribution in [0, 0.1) is 0 Å². The van der Waals surface area contributed by atoms with E-state index in [9.17, 15) is 0 Å². The van der Waals surface area contributed by atoms with Crippen molar-refractivity contribution in [3.05, 3.63) is 78.4 Å².